The summed E-state index contributed by atoms with van der Waals surface area (Å²) in [4.78, 5) is 0. The van der Waals surface area contributed by atoms with Crippen LogP contribution in [0.4, 0.5) is 0 Å². The summed E-state index contributed by atoms with van der Waals surface area (Å²) < 4.78 is 11.5. The largest absolute Gasteiger partial charge is 0.493 e. The Hall–Kier alpha value is -1.67. The lowest BCUT2D eigenvalue weighted by Crippen LogP contribution is -2.11. The summed E-state index contributed by atoms with van der Waals surface area (Å²) in [7, 11) is 0. The second-order valence-electron chi connectivity index (χ2n) is 4.64. The average Bonchev–Trinajstić information content (AvgIpc) is 2.89. The number of hydrogen-bond donors (Lipinski definition) is 0. The number of hydrogen-bond acceptors (Lipinski definition) is 2. The molecule has 98 valence electrons. The van der Waals surface area contributed by atoms with Crippen LogP contribution in [0.15, 0.2) is 48.5 Å². The van der Waals surface area contributed by atoms with Crippen LogP contribution in [0.1, 0.15) is 17.0 Å². The van der Waals surface area contributed by atoms with Crippen molar-refractivity contribution in [2.24, 2.45) is 0 Å². The number of benzene rings is 2. The summed E-state index contributed by atoms with van der Waals surface area (Å²) in [6.45, 7) is 1.32. The van der Waals surface area contributed by atoms with Crippen LogP contribution in [0.25, 0.3) is 0 Å². The second kappa shape index (κ2) is 5.54. The third-order valence-corrected chi connectivity index (χ3v) is 3.61. The maximum atomic E-state index is 5.85. The zero-order valence-corrected chi connectivity index (χ0v) is 11.3. The molecule has 1 aliphatic rings. The highest BCUT2D eigenvalue weighted by Crippen LogP contribution is 2.33. The first-order valence-corrected chi connectivity index (χ1v) is 6.89. The maximum Gasteiger partial charge on any atom is 0.123 e. The van der Waals surface area contributed by atoms with Gasteiger partial charge in [-0.3, -0.25) is 0 Å². The quantitative estimate of drug-likeness (QED) is 0.785. The Bertz CT molecular complexity index is 568. The monoisotopic (exact) mass is 274 g/mol. The van der Waals surface area contributed by atoms with Gasteiger partial charge >= 0.3 is 0 Å². The van der Waals surface area contributed by atoms with Crippen molar-refractivity contribution >= 4 is 11.6 Å². The van der Waals surface area contributed by atoms with E-state index in [1.54, 1.807) is 0 Å². The molecule has 0 N–H and O–H groups in total. The zero-order chi connectivity index (χ0) is 13.1. The Kier molecular flexibility index (Phi) is 3.60. The Morgan fingerprint density at radius 3 is 2.95 bits per heavy atom. The van der Waals surface area contributed by atoms with Gasteiger partial charge in [0.1, 0.15) is 11.5 Å². The molecule has 0 saturated carbocycles. The van der Waals surface area contributed by atoms with Crippen molar-refractivity contribution in [3.8, 4) is 11.5 Å². The average molecular weight is 275 g/mol. The molecule has 3 rings (SSSR count). The van der Waals surface area contributed by atoms with Gasteiger partial charge in [0.05, 0.1) is 19.1 Å². The Morgan fingerprint density at radius 1 is 1.16 bits per heavy atom. The molecule has 1 aliphatic heterocycles. The number of halogens is 1. The topological polar surface area (TPSA) is 18.5 Å². The molecule has 0 bridgehead atoms. The van der Waals surface area contributed by atoms with Crippen LogP contribution in [0, 0.1) is 0 Å². The van der Waals surface area contributed by atoms with Crippen molar-refractivity contribution in [2.45, 2.75) is 11.8 Å². The molecule has 1 atom stereocenters. The number of fused-ring (bicyclic) bond motifs is 1. The minimum Gasteiger partial charge on any atom is -0.493 e. The van der Waals surface area contributed by atoms with Gasteiger partial charge in [-0.25, -0.2) is 0 Å². The van der Waals surface area contributed by atoms with Crippen LogP contribution >= 0.6 is 11.6 Å². The summed E-state index contributed by atoms with van der Waals surface area (Å²) in [5.41, 5.74) is 2.30. The van der Waals surface area contributed by atoms with E-state index in [4.69, 9.17) is 21.1 Å². The number of rotatable bonds is 4. The predicted octanol–water partition coefficient (Wildman–Crippen LogP) is 3.98. The SMILES string of the molecule is ClCc1cccc(OCC2COc3ccccc32)c1. The van der Waals surface area contributed by atoms with Gasteiger partial charge in [-0.05, 0) is 23.8 Å². The molecule has 0 radical (unpaired) electrons. The number of alkyl halides is 1. The standard InChI is InChI=1S/C16H15ClO2/c17-9-12-4-3-5-14(8-12)18-10-13-11-19-16-7-2-1-6-15(13)16/h1-8,13H,9-11H2. The molecule has 2 aromatic carbocycles. The van der Waals surface area contributed by atoms with E-state index in [2.05, 4.69) is 6.07 Å². The van der Waals surface area contributed by atoms with E-state index in [1.807, 2.05) is 42.5 Å². The zero-order valence-electron chi connectivity index (χ0n) is 10.5. The van der Waals surface area contributed by atoms with Crippen molar-refractivity contribution in [1.29, 1.82) is 0 Å². The molecule has 0 fully saturated rings. The fourth-order valence-corrected chi connectivity index (χ4v) is 2.45. The maximum absolute atomic E-state index is 5.85. The van der Waals surface area contributed by atoms with Gasteiger partial charge in [-0.1, -0.05) is 30.3 Å². The lowest BCUT2D eigenvalue weighted by Gasteiger charge is -2.11. The molecule has 0 aliphatic carbocycles. The van der Waals surface area contributed by atoms with E-state index in [9.17, 15) is 0 Å². The summed E-state index contributed by atoms with van der Waals surface area (Å²) in [6, 6.07) is 16.0. The van der Waals surface area contributed by atoms with Crippen LogP contribution in [0.3, 0.4) is 0 Å². The molecule has 1 unspecified atom stereocenters. The van der Waals surface area contributed by atoms with Gasteiger partial charge < -0.3 is 9.47 Å². The minimum absolute atomic E-state index is 0.302. The summed E-state index contributed by atoms with van der Waals surface area (Å²) >= 11 is 5.82. The molecule has 0 aromatic heterocycles. The normalized spacial score (nSPS) is 16.8. The van der Waals surface area contributed by atoms with Gasteiger partial charge in [0, 0.05) is 11.4 Å². The van der Waals surface area contributed by atoms with Crippen molar-refractivity contribution in [2.75, 3.05) is 13.2 Å². The van der Waals surface area contributed by atoms with Crippen LogP contribution in [-0.2, 0) is 5.88 Å². The Morgan fingerprint density at radius 2 is 2.05 bits per heavy atom. The lowest BCUT2D eigenvalue weighted by atomic mass is 10.0. The molecule has 1 heterocycles. The van der Waals surface area contributed by atoms with Crippen LogP contribution in [-0.4, -0.2) is 13.2 Å². The van der Waals surface area contributed by atoms with Gasteiger partial charge in [0.15, 0.2) is 0 Å². The van der Waals surface area contributed by atoms with Gasteiger partial charge in [-0.2, -0.15) is 0 Å². The highest BCUT2D eigenvalue weighted by Gasteiger charge is 2.24. The first-order valence-electron chi connectivity index (χ1n) is 6.36. The second-order valence-corrected chi connectivity index (χ2v) is 4.91. The fraction of sp³-hybridized carbons (Fsp3) is 0.250. The third-order valence-electron chi connectivity index (χ3n) is 3.30. The number of para-hydroxylation sites is 1. The van der Waals surface area contributed by atoms with E-state index in [-0.39, 0.29) is 0 Å². The van der Waals surface area contributed by atoms with Gasteiger partial charge in [0.2, 0.25) is 0 Å². The van der Waals surface area contributed by atoms with E-state index in [0.29, 0.717) is 25.0 Å². The smallest absolute Gasteiger partial charge is 0.123 e. The van der Waals surface area contributed by atoms with Crippen LogP contribution in [0.5, 0.6) is 11.5 Å². The molecule has 19 heavy (non-hydrogen) atoms. The first-order chi connectivity index (χ1) is 9.36. The number of ether oxygens (including phenoxy) is 2. The van der Waals surface area contributed by atoms with Crippen molar-refractivity contribution in [3.63, 3.8) is 0 Å². The molecular formula is C16H15ClO2. The summed E-state index contributed by atoms with van der Waals surface area (Å²) in [5.74, 6) is 2.65. The molecule has 2 aromatic rings. The van der Waals surface area contributed by atoms with E-state index < -0.39 is 0 Å². The first kappa shape index (κ1) is 12.4. The molecular weight excluding hydrogens is 260 g/mol. The molecule has 0 spiro atoms. The highest BCUT2D eigenvalue weighted by molar-refractivity contribution is 6.17. The summed E-state index contributed by atoms with van der Waals surface area (Å²) in [6.07, 6.45) is 0. The Balaban J connectivity index is 1.67. The predicted molar refractivity (Wildman–Crippen MR) is 76.2 cm³/mol. The van der Waals surface area contributed by atoms with Crippen molar-refractivity contribution in [3.05, 3.63) is 59.7 Å². The molecule has 3 heteroatoms. The Labute approximate surface area is 117 Å². The minimum atomic E-state index is 0.302. The third kappa shape index (κ3) is 2.69. The lowest BCUT2D eigenvalue weighted by molar-refractivity contribution is 0.248. The molecule has 0 saturated heterocycles. The summed E-state index contributed by atoms with van der Waals surface area (Å²) in [5, 5.41) is 0. The van der Waals surface area contributed by atoms with Crippen LogP contribution in [0.2, 0.25) is 0 Å². The van der Waals surface area contributed by atoms with E-state index >= 15 is 0 Å². The van der Waals surface area contributed by atoms with Crippen molar-refractivity contribution in [1.82, 2.24) is 0 Å². The van der Waals surface area contributed by atoms with Gasteiger partial charge in [-0.15, -0.1) is 11.6 Å². The van der Waals surface area contributed by atoms with Crippen LogP contribution < -0.4 is 9.47 Å². The van der Waals surface area contributed by atoms with Crippen molar-refractivity contribution < 1.29 is 9.47 Å². The highest BCUT2D eigenvalue weighted by atomic mass is 35.5. The van der Waals surface area contributed by atoms with E-state index in [0.717, 1.165) is 17.1 Å². The van der Waals surface area contributed by atoms with Gasteiger partial charge in [0.25, 0.3) is 0 Å². The van der Waals surface area contributed by atoms with E-state index in [1.165, 1.54) is 5.56 Å². The molecule has 0 amide bonds. The molecule has 2 nitrogen and oxygen atoms in total. The fourth-order valence-electron chi connectivity index (χ4n) is 2.28.